The molecular weight excluding hydrogens is 252 g/mol. The van der Waals surface area contributed by atoms with Crippen molar-refractivity contribution in [2.45, 2.75) is 25.2 Å². The smallest absolute Gasteiger partial charge is 0.246 e. The molecule has 0 amide bonds. The van der Waals surface area contributed by atoms with Gasteiger partial charge in [0.25, 0.3) is 0 Å². The third-order valence-electron chi connectivity index (χ3n) is 2.45. The summed E-state index contributed by atoms with van der Waals surface area (Å²) >= 11 is 3.26. The molecule has 2 rings (SSSR count). The van der Waals surface area contributed by atoms with Crippen LogP contribution in [0.4, 0.5) is 8.78 Å². The van der Waals surface area contributed by atoms with Crippen molar-refractivity contribution in [3.63, 3.8) is 0 Å². The fourth-order valence-electron chi connectivity index (χ4n) is 1.79. The Morgan fingerprint density at radius 3 is 2.71 bits per heavy atom. The van der Waals surface area contributed by atoms with Gasteiger partial charge < -0.3 is 0 Å². The summed E-state index contributed by atoms with van der Waals surface area (Å²) in [4.78, 5) is 4.21. The molecule has 14 heavy (non-hydrogen) atoms. The summed E-state index contributed by atoms with van der Waals surface area (Å²) in [6.07, 6.45) is 0.692. The highest BCUT2D eigenvalue weighted by Gasteiger charge is 2.44. The molecule has 1 aromatic rings. The molecule has 0 saturated heterocycles. The molecule has 4 heteroatoms. The minimum Gasteiger partial charge on any atom is -0.246 e. The van der Waals surface area contributed by atoms with Gasteiger partial charge in [-0.15, -0.1) is 0 Å². The molecule has 0 spiro atoms. The highest BCUT2D eigenvalue weighted by molar-refractivity contribution is 9.10. The maximum atomic E-state index is 12.5. The molecule has 1 aromatic heterocycles. The van der Waals surface area contributed by atoms with E-state index in [0.29, 0.717) is 6.42 Å². The number of nitrogens with zero attached hydrogens (tertiary/aromatic N) is 1. The van der Waals surface area contributed by atoms with E-state index in [-0.39, 0.29) is 18.8 Å². The van der Waals surface area contributed by atoms with Crippen LogP contribution in [0.5, 0.6) is 0 Å². The third kappa shape index (κ3) is 2.29. The van der Waals surface area contributed by atoms with Crippen molar-refractivity contribution < 1.29 is 8.78 Å². The molecule has 1 fully saturated rings. The predicted octanol–water partition coefficient (Wildman–Crippen LogP) is 3.43. The first-order chi connectivity index (χ1) is 6.55. The number of rotatable bonds is 2. The lowest BCUT2D eigenvalue weighted by Gasteiger charge is -2.34. The third-order valence-corrected chi connectivity index (χ3v) is 2.89. The van der Waals surface area contributed by atoms with Gasteiger partial charge in [-0.05, 0) is 40.4 Å². The van der Waals surface area contributed by atoms with Gasteiger partial charge in [0, 0.05) is 18.5 Å². The fraction of sp³-hybridized carbons (Fsp3) is 0.500. The van der Waals surface area contributed by atoms with Crippen LogP contribution in [0.1, 0.15) is 18.5 Å². The molecule has 1 saturated carbocycles. The second-order valence-electron chi connectivity index (χ2n) is 3.79. The first kappa shape index (κ1) is 10.0. The highest BCUT2D eigenvalue weighted by Crippen LogP contribution is 2.43. The lowest BCUT2D eigenvalue weighted by Crippen LogP contribution is -2.36. The monoisotopic (exact) mass is 261 g/mol. The van der Waals surface area contributed by atoms with Crippen LogP contribution in [0.3, 0.4) is 0 Å². The van der Waals surface area contributed by atoms with E-state index in [4.69, 9.17) is 0 Å². The Morgan fingerprint density at radius 2 is 2.14 bits per heavy atom. The largest absolute Gasteiger partial charge is 0.248 e. The molecule has 0 N–H and O–H groups in total. The molecule has 0 aromatic carbocycles. The number of aromatic nitrogens is 1. The van der Waals surface area contributed by atoms with Gasteiger partial charge in [0.2, 0.25) is 5.92 Å². The first-order valence-electron chi connectivity index (χ1n) is 4.54. The van der Waals surface area contributed by atoms with E-state index in [1.807, 2.05) is 18.2 Å². The van der Waals surface area contributed by atoms with Crippen molar-refractivity contribution >= 4 is 15.9 Å². The Bertz CT molecular complexity index is 333. The summed E-state index contributed by atoms with van der Waals surface area (Å²) < 4.78 is 25.8. The summed E-state index contributed by atoms with van der Waals surface area (Å²) in [5.74, 6) is -2.32. The number of hydrogen-bond donors (Lipinski definition) is 0. The van der Waals surface area contributed by atoms with Crippen LogP contribution in [-0.4, -0.2) is 10.9 Å². The summed E-state index contributed by atoms with van der Waals surface area (Å²) in [5.41, 5.74) is 0.889. The average molecular weight is 262 g/mol. The SMILES string of the molecule is FC1(F)CC(Cc2cccc(Br)n2)C1. The highest BCUT2D eigenvalue weighted by atomic mass is 79.9. The molecule has 1 aliphatic rings. The molecule has 1 heterocycles. The van der Waals surface area contributed by atoms with Crippen LogP contribution in [0, 0.1) is 5.92 Å². The van der Waals surface area contributed by atoms with Crippen LogP contribution < -0.4 is 0 Å². The van der Waals surface area contributed by atoms with Gasteiger partial charge in [-0.1, -0.05) is 6.07 Å². The van der Waals surface area contributed by atoms with Gasteiger partial charge in [-0.25, -0.2) is 13.8 Å². The Kier molecular flexibility index (Phi) is 2.56. The van der Waals surface area contributed by atoms with Crippen molar-refractivity contribution in [3.8, 4) is 0 Å². The second-order valence-corrected chi connectivity index (χ2v) is 4.60. The lowest BCUT2D eigenvalue weighted by atomic mass is 9.78. The van der Waals surface area contributed by atoms with Crippen LogP contribution in [0.2, 0.25) is 0 Å². The van der Waals surface area contributed by atoms with Crippen LogP contribution in [0.25, 0.3) is 0 Å². The Balaban J connectivity index is 1.93. The van der Waals surface area contributed by atoms with Crippen LogP contribution >= 0.6 is 15.9 Å². The standard InChI is InChI=1S/C10H10BrF2N/c11-9-3-1-2-8(14-9)4-7-5-10(12,13)6-7/h1-3,7H,4-6H2. The van der Waals surface area contributed by atoms with Crippen molar-refractivity contribution in [3.05, 3.63) is 28.5 Å². The van der Waals surface area contributed by atoms with Gasteiger partial charge in [0.15, 0.2) is 0 Å². The second kappa shape index (κ2) is 3.57. The Labute approximate surface area is 89.7 Å². The predicted molar refractivity (Wildman–Crippen MR) is 53.3 cm³/mol. The van der Waals surface area contributed by atoms with Gasteiger partial charge in [-0.3, -0.25) is 0 Å². The molecule has 1 aliphatic carbocycles. The van der Waals surface area contributed by atoms with Gasteiger partial charge in [-0.2, -0.15) is 0 Å². The Morgan fingerprint density at radius 1 is 1.43 bits per heavy atom. The van der Waals surface area contributed by atoms with Crippen LogP contribution in [-0.2, 0) is 6.42 Å². The molecule has 0 atom stereocenters. The first-order valence-corrected chi connectivity index (χ1v) is 5.34. The van der Waals surface area contributed by atoms with E-state index in [1.54, 1.807) is 0 Å². The van der Waals surface area contributed by atoms with Gasteiger partial charge in [0.1, 0.15) is 4.60 Å². The summed E-state index contributed by atoms with van der Waals surface area (Å²) in [7, 11) is 0. The maximum Gasteiger partial charge on any atom is 0.248 e. The zero-order chi connectivity index (χ0) is 10.2. The minimum atomic E-state index is -2.42. The van der Waals surface area contributed by atoms with Crippen molar-refractivity contribution in [1.29, 1.82) is 0 Å². The number of pyridine rings is 1. The summed E-state index contributed by atoms with van der Waals surface area (Å²) in [5, 5.41) is 0. The van der Waals surface area contributed by atoms with E-state index < -0.39 is 5.92 Å². The van der Waals surface area contributed by atoms with E-state index in [2.05, 4.69) is 20.9 Å². The summed E-state index contributed by atoms with van der Waals surface area (Å²) in [6.45, 7) is 0. The van der Waals surface area contributed by atoms with E-state index in [1.165, 1.54) is 0 Å². The van der Waals surface area contributed by atoms with E-state index in [9.17, 15) is 8.78 Å². The Hall–Kier alpha value is -0.510. The maximum absolute atomic E-state index is 12.5. The molecule has 0 radical (unpaired) electrons. The normalized spacial score (nSPS) is 20.5. The molecule has 0 bridgehead atoms. The average Bonchev–Trinajstić information content (AvgIpc) is 2.00. The quantitative estimate of drug-likeness (QED) is 0.744. The molecule has 76 valence electrons. The lowest BCUT2D eigenvalue weighted by molar-refractivity contribution is -0.109. The minimum absolute atomic E-state index is 0.0151. The molecule has 1 nitrogen and oxygen atoms in total. The van der Waals surface area contributed by atoms with Crippen molar-refractivity contribution in [2.24, 2.45) is 5.92 Å². The number of alkyl halides is 2. The zero-order valence-corrected chi connectivity index (χ0v) is 9.10. The van der Waals surface area contributed by atoms with Gasteiger partial charge >= 0.3 is 0 Å². The topological polar surface area (TPSA) is 12.9 Å². The molecule has 0 unspecified atom stereocenters. The van der Waals surface area contributed by atoms with Crippen molar-refractivity contribution in [1.82, 2.24) is 4.98 Å². The zero-order valence-electron chi connectivity index (χ0n) is 7.51. The number of hydrogen-bond acceptors (Lipinski definition) is 1. The number of halogens is 3. The van der Waals surface area contributed by atoms with E-state index >= 15 is 0 Å². The van der Waals surface area contributed by atoms with E-state index in [0.717, 1.165) is 10.3 Å². The summed E-state index contributed by atoms with van der Waals surface area (Å²) in [6, 6.07) is 5.59. The van der Waals surface area contributed by atoms with Crippen molar-refractivity contribution in [2.75, 3.05) is 0 Å². The molecular formula is C10H10BrF2N. The molecule has 0 aliphatic heterocycles. The van der Waals surface area contributed by atoms with Gasteiger partial charge in [0.05, 0.1) is 0 Å². The van der Waals surface area contributed by atoms with Crippen LogP contribution in [0.15, 0.2) is 22.8 Å². The fourth-order valence-corrected chi connectivity index (χ4v) is 2.17.